The van der Waals surface area contributed by atoms with Gasteiger partial charge in [-0.15, -0.1) is 10.2 Å². The van der Waals surface area contributed by atoms with E-state index < -0.39 is 5.60 Å². The maximum atomic E-state index is 12.6. The minimum Gasteiger partial charge on any atom is -0.417 e. The molecule has 2 aliphatic heterocycles. The Hall–Kier alpha value is -3.13. The van der Waals surface area contributed by atoms with E-state index >= 15 is 0 Å². The Balaban J connectivity index is 1.41. The Morgan fingerprint density at radius 1 is 1.14 bits per heavy atom. The van der Waals surface area contributed by atoms with Gasteiger partial charge in [0.25, 0.3) is 0 Å². The third-order valence-corrected chi connectivity index (χ3v) is 5.65. The Morgan fingerprint density at radius 3 is 2.66 bits per heavy atom. The fourth-order valence-corrected chi connectivity index (χ4v) is 4.11. The molecule has 29 heavy (non-hydrogen) atoms. The Kier molecular flexibility index (Phi) is 4.35. The lowest BCUT2D eigenvalue weighted by atomic mass is 9.83. The van der Waals surface area contributed by atoms with Crippen LogP contribution in [0.4, 0.5) is 0 Å². The van der Waals surface area contributed by atoms with Gasteiger partial charge in [-0.1, -0.05) is 30.3 Å². The van der Waals surface area contributed by atoms with E-state index in [2.05, 4.69) is 15.2 Å². The van der Waals surface area contributed by atoms with Crippen LogP contribution in [-0.4, -0.2) is 50.7 Å². The summed E-state index contributed by atoms with van der Waals surface area (Å²) in [6.45, 7) is 3.40. The van der Waals surface area contributed by atoms with Crippen LogP contribution in [0.3, 0.4) is 0 Å². The number of hydrogen-bond acceptors (Lipinski definition) is 7. The number of piperidine rings is 1. The van der Waals surface area contributed by atoms with Crippen molar-refractivity contribution >= 4 is 5.91 Å². The molecule has 0 aliphatic carbocycles. The second kappa shape index (κ2) is 7.04. The maximum Gasteiger partial charge on any atom is 0.311 e. The topological polar surface area (TPSA) is 94.2 Å². The zero-order valence-corrected chi connectivity index (χ0v) is 16.2. The molecule has 1 fully saturated rings. The molecule has 1 aromatic carbocycles. The van der Waals surface area contributed by atoms with Gasteiger partial charge in [0.15, 0.2) is 5.82 Å². The molecular weight excluding hydrogens is 370 g/mol. The molecule has 5 rings (SSSR count). The molecule has 1 amide bonds. The minimum atomic E-state index is -0.485. The van der Waals surface area contributed by atoms with Crippen LogP contribution in [0.2, 0.25) is 0 Å². The number of carbonyl (C=O) groups is 1. The smallest absolute Gasteiger partial charge is 0.311 e. The summed E-state index contributed by atoms with van der Waals surface area (Å²) in [6.07, 6.45) is 4.07. The molecule has 0 N–H and O–H groups in total. The largest absolute Gasteiger partial charge is 0.417 e. The van der Waals surface area contributed by atoms with Crippen molar-refractivity contribution in [2.75, 3.05) is 19.7 Å². The number of ether oxygens (including phenoxy) is 1. The van der Waals surface area contributed by atoms with Gasteiger partial charge < -0.3 is 14.1 Å². The molecule has 2 aliphatic rings. The van der Waals surface area contributed by atoms with E-state index in [1.165, 1.54) is 0 Å². The first-order valence-corrected chi connectivity index (χ1v) is 9.80. The molecule has 1 saturated heterocycles. The first-order chi connectivity index (χ1) is 14.1. The highest BCUT2D eigenvalue weighted by atomic mass is 16.5. The van der Waals surface area contributed by atoms with E-state index in [9.17, 15) is 4.79 Å². The molecular formula is C21H21N5O3. The second-order valence-electron chi connectivity index (χ2n) is 7.44. The Bertz CT molecular complexity index is 1040. The summed E-state index contributed by atoms with van der Waals surface area (Å²) in [6, 6.07) is 9.95. The van der Waals surface area contributed by atoms with Gasteiger partial charge in [0, 0.05) is 31.8 Å². The van der Waals surface area contributed by atoms with E-state index in [1.807, 2.05) is 36.5 Å². The standard InChI is InChI=1S/C21H21N5O3/c1-14-24-25-19(29-14)20(27)26-10-8-21(9-11-26)17-16(7-12-28-21)13-22-18(23-17)15-5-3-2-4-6-15/h2-6,13H,7-12H2,1H3. The molecule has 2 aromatic heterocycles. The van der Waals surface area contributed by atoms with Crippen molar-refractivity contribution in [3.8, 4) is 11.4 Å². The predicted octanol–water partition coefficient (Wildman–Crippen LogP) is 2.54. The summed E-state index contributed by atoms with van der Waals surface area (Å²) in [4.78, 5) is 23.9. The van der Waals surface area contributed by atoms with Crippen LogP contribution in [0.15, 0.2) is 40.9 Å². The molecule has 0 radical (unpaired) electrons. The maximum absolute atomic E-state index is 12.6. The van der Waals surface area contributed by atoms with Crippen molar-refractivity contribution in [3.05, 3.63) is 59.6 Å². The third-order valence-electron chi connectivity index (χ3n) is 5.65. The summed E-state index contributed by atoms with van der Waals surface area (Å²) in [5.74, 6) is 0.895. The number of carbonyl (C=O) groups excluding carboxylic acids is 1. The van der Waals surface area contributed by atoms with Gasteiger partial charge in [0.1, 0.15) is 5.60 Å². The fourth-order valence-electron chi connectivity index (χ4n) is 4.11. The summed E-state index contributed by atoms with van der Waals surface area (Å²) >= 11 is 0. The number of aromatic nitrogens is 4. The van der Waals surface area contributed by atoms with Crippen molar-refractivity contribution in [1.29, 1.82) is 0 Å². The van der Waals surface area contributed by atoms with Crippen LogP contribution in [-0.2, 0) is 16.8 Å². The summed E-state index contributed by atoms with van der Waals surface area (Å²) in [7, 11) is 0. The molecule has 3 aromatic rings. The number of nitrogens with zero attached hydrogens (tertiary/aromatic N) is 5. The Labute approximate surface area is 167 Å². The molecule has 8 nitrogen and oxygen atoms in total. The van der Waals surface area contributed by atoms with Gasteiger partial charge in [0.05, 0.1) is 12.3 Å². The number of fused-ring (bicyclic) bond motifs is 2. The van der Waals surface area contributed by atoms with Crippen LogP contribution < -0.4 is 0 Å². The average molecular weight is 391 g/mol. The van der Waals surface area contributed by atoms with Crippen LogP contribution in [0.25, 0.3) is 11.4 Å². The van der Waals surface area contributed by atoms with E-state index in [4.69, 9.17) is 14.1 Å². The van der Waals surface area contributed by atoms with Crippen LogP contribution in [0.1, 0.15) is 40.7 Å². The van der Waals surface area contributed by atoms with Gasteiger partial charge in [-0.3, -0.25) is 4.79 Å². The summed E-state index contributed by atoms with van der Waals surface area (Å²) in [5.41, 5.74) is 2.58. The van der Waals surface area contributed by atoms with Crippen LogP contribution in [0, 0.1) is 6.92 Å². The van der Waals surface area contributed by atoms with Crippen molar-refractivity contribution in [2.24, 2.45) is 0 Å². The Morgan fingerprint density at radius 2 is 1.93 bits per heavy atom. The second-order valence-corrected chi connectivity index (χ2v) is 7.44. The molecule has 0 bridgehead atoms. The SMILES string of the molecule is Cc1nnc(C(=O)N2CCC3(CC2)OCCc2cnc(-c4ccccc4)nc23)o1. The van der Waals surface area contributed by atoms with Crippen molar-refractivity contribution in [3.63, 3.8) is 0 Å². The predicted molar refractivity (Wildman–Crippen MR) is 103 cm³/mol. The summed E-state index contributed by atoms with van der Waals surface area (Å²) < 4.78 is 11.6. The molecule has 0 saturated carbocycles. The number of amides is 1. The lowest BCUT2D eigenvalue weighted by molar-refractivity contribution is -0.0969. The summed E-state index contributed by atoms with van der Waals surface area (Å²) in [5, 5.41) is 7.59. The zero-order chi connectivity index (χ0) is 19.8. The molecule has 148 valence electrons. The number of likely N-dealkylation sites (tertiary alicyclic amines) is 1. The van der Waals surface area contributed by atoms with Gasteiger partial charge >= 0.3 is 11.8 Å². The normalized spacial score (nSPS) is 17.9. The number of rotatable bonds is 2. The fraction of sp³-hybridized carbons (Fsp3) is 0.381. The van der Waals surface area contributed by atoms with Crippen LogP contribution >= 0.6 is 0 Å². The first kappa shape index (κ1) is 17.9. The highest BCUT2D eigenvalue weighted by Crippen LogP contribution is 2.41. The monoisotopic (exact) mass is 391 g/mol. The van der Waals surface area contributed by atoms with Crippen molar-refractivity contribution < 1.29 is 13.9 Å². The average Bonchev–Trinajstić information content (AvgIpc) is 3.21. The molecule has 1 spiro atoms. The van der Waals surface area contributed by atoms with Crippen molar-refractivity contribution in [1.82, 2.24) is 25.1 Å². The minimum absolute atomic E-state index is 0.0390. The lowest BCUT2D eigenvalue weighted by Gasteiger charge is -2.43. The molecule has 0 unspecified atom stereocenters. The van der Waals surface area contributed by atoms with Gasteiger partial charge in [-0.2, -0.15) is 0 Å². The lowest BCUT2D eigenvalue weighted by Crippen LogP contribution is -2.49. The molecule has 8 heteroatoms. The quantitative estimate of drug-likeness (QED) is 0.662. The number of aryl methyl sites for hydroxylation is 1. The molecule has 4 heterocycles. The van der Waals surface area contributed by atoms with E-state index in [-0.39, 0.29) is 11.8 Å². The first-order valence-electron chi connectivity index (χ1n) is 9.80. The van der Waals surface area contributed by atoms with E-state index in [0.717, 1.165) is 23.2 Å². The highest BCUT2D eigenvalue weighted by Gasteiger charge is 2.44. The van der Waals surface area contributed by atoms with E-state index in [0.29, 0.717) is 44.3 Å². The number of hydrogen-bond donors (Lipinski definition) is 0. The van der Waals surface area contributed by atoms with Crippen molar-refractivity contribution in [2.45, 2.75) is 31.8 Å². The number of benzene rings is 1. The zero-order valence-electron chi connectivity index (χ0n) is 16.2. The molecule has 0 atom stereocenters. The third kappa shape index (κ3) is 3.19. The van der Waals surface area contributed by atoms with Gasteiger partial charge in [-0.25, -0.2) is 9.97 Å². The highest BCUT2D eigenvalue weighted by molar-refractivity contribution is 5.89. The van der Waals surface area contributed by atoms with Gasteiger partial charge in [-0.05, 0) is 24.8 Å². The van der Waals surface area contributed by atoms with Crippen LogP contribution in [0.5, 0.6) is 0 Å². The van der Waals surface area contributed by atoms with E-state index in [1.54, 1.807) is 11.8 Å². The van der Waals surface area contributed by atoms with Gasteiger partial charge in [0.2, 0.25) is 5.89 Å².